The smallest absolute Gasteiger partial charge is 0.259 e. The fourth-order valence-corrected chi connectivity index (χ4v) is 2.76. The molecule has 1 heterocycles. The molecule has 0 bridgehead atoms. The van der Waals surface area contributed by atoms with Crippen LogP contribution in [0, 0.1) is 12.3 Å². The first-order chi connectivity index (χ1) is 10.9. The Morgan fingerprint density at radius 3 is 2.65 bits per heavy atom. The van der Waals surface area contributed by atoms with Gasteiger partial charge >= 0.3 is 0 Å². The first kappa shape index (κ1) is 19.2. The fourth-order valence-electron chi connectivity index (χ4n) is 2.41. The normalized spacial score (nSPS) is 25.8. The molecular formula is C18H22ClFN2O. The van der Waals surface area contributed by atoms with Crippen molar-refractivity contribution in [3.8, 4) is 12.3 Å². The van der Waals surface area contributed by atoms with Crippen molar-refractivity contribution in [2.24, 2.45) is 0 Å². The number of terminal acetylenes is 1. The number of hydrogen-bond donors (Lipinski definition) is 1. The van der Waals surface area contributed by atoms with Gasteiger partial charge in [-0.2, -0.15) is 0 Å². The van der Waals surface area contributed by atoms with Gasteiger partial charge in [-0.25, -0.2) is 4.39 Å². The van der Waals surface area contributed by atoms with E-state index in [0.29, 0.717) is 12.1 Å². The van der Waals surface area contributed by atoms with E-state index in [9.17, 15) is 9.18 Å². The number of carbonyl (C=O) groups is 1. The van der Waals surface area contributed by atoms with Crippen LogP contribution in [0.15, 0.2) is 46.4 Å². The lowest BCUT2D eigenvalue weighted by molar-refractivity contribution is -0.130. The molecule has 0 radical (unpaired) electrons. The minimum absolute atomic E-state index is 0.175. The van der Waals surface area contributed by atoms with Crippen molar-refractivity contribution in [1.29, 1.82) is 0 Å². The van der Waals surface area contributed by atoms with Gasteiger partial charge in [-0.1, -0.05) is 42.7 Å². The molecule has 1 N–H and O–H groups in total. The topological polar surface area (TPSA) is 32.3 Å². The molecule has 1 aliphatic rings. The lowest BCUT2D eigenvalue weighted by Crippen LogP contribution is -2.58. The van der Waals surface area contributed by atoms with Crippen LogP contribution in [0.5, 0.6) is 0 Å². The molecule has 1 aliphatic heterocycles. The molecule has 5 heteroatoms. The SMILES string of the molecule is C#C/C(=C\C=C/C)N1C(=O)/C(=C(Cl)/C(F)=C\C)C(C)NC1CC. The van der Waals surface area contributed by atoms with E-state index >= 15 is 0 Å². The van der Waals surface area contributed by atoms with Crippen LogP contribution in [0.3, 0.4) is 0 Å². The van der Waals surface area contributed by atoms with E-state index in [1.807, 2.05) is 19.9 Å². The monoisotopic (exact) mass is 336 g/mol. The van der Waals surface area contributed by atoms with Crippen molar-refractivity contribution in [2.45, 2.75) is 46.3 Å². The summed E-state index contributed by atoms with van der Waals surface area (Å²) in [5.41, 5.74) is 0.579. The van der Waals surface area contributed by atoms with Crippen molar-refractivity contribution in [3.05, 3.63) is 46.4 Å². The molecule has 3 nitrogen and oxygen atoms in total. The van der Waals surface area contributed by atoms with E-state index in [1.165, 1.54) is 17.9 Å². The summed E-state index contributed by atoms with van der Waals surface area (Å²) in [6.45, 7) is 7.10. The van der Waals surface area contributed by atoms with E-state index in [4.69, 9.17) is 18.0 Å². The lowest BCUT2D eigenvalue weighted by Gasteiger charge is -2.40. The molecule has 0 aromatic rings. The van der Waals surface area contributed by atoms with Gasteiger partial charge in [-0.15, -0.1) is 6.42 Å². The van der Waals surface area contributed by atoms with Gasteiger partial charge in [-0.3, -0.25) is 15.0 Å². The third kappa shape index (κ3) is 4.13. The van der Waals surface area contributed by atoms with Crippen LogP contribution in [0.1, 0.15) is 34.1 Å². The van der Waals surface area contributed by atoms with E-state index in [1.54, 1.807) is 19.1 Å². The Morgan fingerprint density at radius 1 is 1.52 bits per heavy atom. The van der Waals surface area contributed by atoms with Crippen molar-refractivity contribution in [2.75, 3.05) is 0 Å². The summed E-state index contributed by atoms with van der Waals surface area (Å²) < 4.78 is 13.9. The van der Waals surface area contributed by atoms with Gasteiger partial charge in [0, 0.05) is 6.04 Å². The Balaban J connectivity index is 3.45. The van der Waals surface area contributed by atoms with Crippen LogP contribution in [0.2, 0.25) is 0 Å². The maximum atomic E-state index is 13.9. The molecule has 1 amide bonds. The predicted molar refractivity (Wildman–Crippen MR) is 93.0 cm³/mol. The molecule has 0 aromatic carbocycles. The van der Waals surface area contributed by atoms with E-state index in [0.717, 1.165) is 0 Å². The van der Waals surface area contributed by atoms with Crippen molar-refractivity contribution < 1.29 is 9.18 Å². The number of hydrogen-bond acceptors (Lipinski definition) is 2. The molecule has 2 atom stereocenters. The van der Waals surface area contributed by atoms with Crippen LogP contribution in [0.4, 0.5) is 4.39 Å². The van der Waals surface area contributed by atoms with Crippen molar-refractivity contribution in [1.82, 2.24) is 10.2 Å². The molecule has 0 saturated carbocycles. The van der Waals surface area contributed by atoms with Gasteiger partial charge < -0.3 is 0 Å². The number of nitrogens with zero attached hydrogens (tertiary/aromatic N) is 1. The van der Waals surface area contributed by atoms with Crippen LogP contribution in [-0.2, 0) is 4.79 Å². The van der Waals surface area contributed by atoms with Crippen molar-refractivity contribution >= 4 is 17.5 Å². The van der Waals surface area contributed by atoms with Crippen molar-refractivity contribution in [3.63, 3.8) is 0 Å². The number of nitrogens with one attached hydrogen (secondary N) is 1. The molecule has 1 saturated heterocycles. The highest BCUT2D eigenvalue weighted by Crippen LogP contribution is 2.30. The third-order valence-corrected chi connectivity index (χ3v) is 3.96. The molecule has 2 unspecified atom stereocenters. The fraction of sp³-hybridized carbons (Fsp3) is 0.389. The minimum Gasteiger partial charge on any atom is -0.290 e. The second-order valence-corrected chi connectivity index (χ2v) is 5.45. The second kappa shape index (κ2) is 8.71. The highest BCUT2D eigenvalue weighted by atomic mass is 35.5. The van der Waals surface area contributed by atoms with Gasteiger partial charge in [-0.05, 0) is 33.3 Å². The van der Waals surface area contributed by atoms with Crippen LogP contribution < -0.4 is 5.32 Å². The largest absolute Gasteiger partial charge is 0.290 e. The number of rotatable bonds is 4. The third-order valence-electron chi connectivity index (χ3n) is 3.58. The number of carbonyl (C=O) groups excluding carboxylic acids is 1. The van der Waals surface area contributed by atoms with Gasteiger partial charge in [0.2, 0.25) is 0 Å². The summed E-state index contributed by atoms with van der Waals surface area (Å²) in [5, 5.41) is 3.08. The Hall–Kier alpha value is -1.83. The maximum Gasteiger partial charge on any atom is 0.259 e. The molecule has 0 spiro atoms. The van der Waals surface area contributed by atoms with E-state index in [2.05, 4.69) is 11.2 Å². The average Bonchev–Trinajstić information content (AvgIpc) is 2.55. The molecule has 124 valence electrons. The summed E-state index contributed by atoms with van der Waals surface area (Å²) in [6.07, 6.45) is 12.4. The van der Waals surface area contributed by atoms with Crippen LogP contribution in [0.25, 0.3) is 0 Å². The Kier molecular flexibility index (Phi) is 7.28. The van der Waals surface area contributed by atoms with Gasteiger partial charge in [0.05, 0.1) is 22.5 Å². The number of halogens is 2. The molecule has 1 rings (SSSR count). The minimum atomic E-state index is -0.627. The molecule has 0 aliphatic carbocycles. The lowest BCUT2D eigenvalue weighted by atomic mass is 10.00. The first-order valence-electron chi connectivity index (χ1n) is 7.53. The molecule has 23 heavy (non-hydrogen) atoms. The highest BCUT2D eigenvalue weighted by molar-refractivity contribution is 6.34. The van der Waals surface area contributed by atoms with Gasteiger partial charge in [0.15, 0.2) is 0 Å². The zero-order chi connectivity index (χ0) is 17.6. The first-order valence-corrected chi connectivity index (χ1v) is 7.91. The standard InChI is InChI=1S/C18H22ClFN2O/c1-6-10-11-13(7-2)22-15(9-4)21-12(5)16(18(22)23)17(19)14(20)8-3/h2,6,8,10-12,15,21H,9H2,1,3-5H3/b10-6-,13-11+,14-8+,17-16-. The second-order valence-electron chi connectivity index (χ2n) is 5.07. The number of amides is 1. The summed E-state index contributed by atoms with van der Waals surface area (Å²) >= 11 is 6.07. The Bertz CT molecular complexity index is 625. The zero-order valence-electron chi connectivity index (χ0n) is 13.9. The van der Waals surface area contributed by atoms with E-state index in [-0.39, 0.29) is 28.7 Å². The maximum absolute atomic E-state index is 13.9. The van der Waals surface area contributed by atoms with Crippen LogP contribution >= 0.6 is 11.6 Å². The Labute approximate surface area is 142 Å². The highest BCUT2D eigenvalue weighted by Gasteiger charge is 2.38. The molecule has 1 fully saturated rings. The average molecular weight is 337 g/mol. The summed E-state index contributed by atoms with van der Waals surface area (Å²) in [7, 11) is 0. The predicted octanol–water partition coefficient (Wildman–Crippen LogP) is 4.00. The van der Waals surface area contributed by atoms with Gasteiger partial charge in [0.25, 0.3) is 5.91 Å². The number of allylic oxidation sites excluding steroid dienone is 7. The summed E-state index contributed by atoms with van der Waals surface area (Å²) in [6, 6.07) is -0.373. The Morgan fingerprint density at radius 2 is 2.17 bits per heavy atom. The summed E-state index contributed by atoms with van der Waals surface area (Å²) in [5.74, 6) is 1.52. The van der Waals surface area contributed by atoms with Crippen LogP contribution in [-0.4, -0.2) is 23.0 Å². The zero-order valence-corrected chi connectivity index (χ0v) is 14.6. The summed E-state index contributed by atoms with van der Waals surface area (Å²) in [4.78, 5) is 14.4. The van der Waals surface area contributed by atoms with E-state index < -0.39 is 5.83 Å². The molecular weight excluding hydrogens is 315 g/mol. The quantitative estimate of drug-likeness (QED) is 0.478. The molecule has 0 aromatic heterocycles. The van der Waals surface area contributed by atoms with Gasteiger partial charge in [0.1, 0.15) is 5.83 Å².